The number of fused-ring (bicyclic) bond motifs is 1. The Hall–Kier alpha value is -2.57. The molecular weight excluding hydrogens is 326 g/mol. The van der Waals surface area contributed by atoms with E-state index in [2.05, 4.69) is 32.7 Å². The van der Waals surface area contributed by atoms with Gasteiger partial charge >= 0.3 is 0 Å². The molecule has 4 bridgehead atoms. The van der Waals surface area contributed by atoms with Gasteiger partial charge in [0.15, 0.2) is 11.5 Å². The molecule has 0 unspecified atom stereocenters. The van der Waals surface area contributed by atoms with Crippen LogP contribution in [-0.2, 0) is 6.54 Å². The fourth-order valence-electron chi connectivity index (χ4n) is 5.50. The number of nitrogens with zero attached hydrogens (tertiary/aromatic N) is 4. The van der Waals surface area contributed by atoms with E-state index < -0.39 is 5.60 Å². The molecule has 4 aliphatic carbocycles. The van der Waals surface area contributed by atoms with Crippen LogP contribution in [0, 0.1) is 47.9 Å². The molecule has 4 aliphatic rings. The highest BCUT2D eigenvalue weighted by Crippen LogP contribution is 2.58. The molecule has 2 heterocycles. The highest BCUT2D eigenvalue weighted by atomic mass is 16.3. The van der Waals surface area contributed by atoms with Crippen LogP contribution in [0.3, 0.4) is 0 Å². The molecule has 132 valence electrons. The molecule has 0 aliphatic heterocycles. The number of nitrogens with two attached hydrogens (primary N) is 1. The topological polar surface area (TPSA) is 89.9 Å². The van der Waals surface area contributed by atoms with Crippen LogP contribution in [0.4, 0.5) is 5.82 Å². The second-order valence-corrected chi connectivity index (χ2v) is 8.06. The number of rotatable bonds is 1. The number of aromatic nitrogens is 4. The Morgan fingerprint density at radius 3 is 2.54 bits per heavy atom. The summed E-state index contributed by atoms with van der Waals surface area (Å²) >= 11 is 0. The molecule has 0 radical (unpaired) electrons. The summed E-state index contributed by atoms with van der Waals surface area (Å²) in [5.41, 5.74) is 6.21. The van der Waals surface area contributed by atoms with Gasteiger partial charge in [-0.1, -0.05) is 11.8 Å². The van der Waals surface area contributed by atoms with Crippen molar-refractivity contribution in [2.75, 3.05) is 5.73 Å². The lowest BCUT2D eigenvalue weighted by atomic mass is 9.50. The highest BCUT2D eigenvalue weighted by Gasteiger charge is 2.55. The molecule has 0 atom stereocenters. The van der Waals surface area contributed by atoms with Gasteiger partial charge in [-0.25, -0.2) is 15.0 Å². The molecule has 6 rings (SSSR count). The standard InChI is InChI=1S/C20H21N5O/c1-2-5-25-11-22-17-18(21)23-16(24-19(17)25)3-4-20(26)14-7-12-6-13(9-14)10-15(20)8-12/h1,11-15,26H,5-10H2,(H2,21,23,24). The predicted octanol–water partition coefficient (Wildman–Crippen LogP) is 1.58. The lowest BCUT2D eigenvalue weighted by Gasteiger charge is -2.56. The van der Waals surface area contributed by atoms with Crippen LogP contribution in [0.15, 0.2) is 6.33 Å². The van der Waals surface area contributed by atoms with Crippen molar-refractivity contribution in [2.24, 2.45) is 23.7 Å². The molecule has 0 amide bonds. The van der Waals surface area contributed by atoms with E-state index in [4.69, 9.17) is 12.2 Å². The summed E-state index contributed by atoms with van der Waals surface area (Å²) in [6, 6.07) is 0. The molecular formula is C20H21N5O. The largest absolute Gasteiger partial charge is 0.382 e. The Kier molecular flexibility index (Phi) is 3.29. The summed E-state index contributed by atoms with van der Waals surface area (Å²) in [6.45, 7) is 0.358. The van der Waals surface area contributed by atoms with Gasteiger partial charge in [-0.2, -0.15) is 0 Å². The van der Waals surface area contributed by atoms with Gasteiger partial charge in [0, 0.05) is 0 Å². The maximum absolute atomic E-state index is 11.3. The summed E-state index contributed by atoms with van der Waals surface area (Å²) in [5.74, 6) is 11.4. The second kappa shape index (κ2) is 5.46. The minimum absolute atomic E-state index is 0.277. The van der Waals surface area contributed by atoms with E-state index in [9.17, 15) is 5.11 Å². The molecule has 2 aromatic rings. The van der Waals surface area contributed by atoms with Crippen molar-refractivity contribution in [1.82, 2.24) is 19.5 Å². The van der Waals surface area contributed by atoms with E-state index in [-0.39, 0.29) is 17.7 Å². The van der Waals surface area contributed by atoms with Crippen LogP contribution in [0.25, 0.3) is 11.2 Å². The first kappa shape index (κ1) is 15.7. The van der Waals surface area contributed by atoms with Crippen LogP contribution in [-0.4, -0.2) is 30.2 Å². The van der Waals surface area contributed by atoms with Crippen molar-refractivity contribution >= 4 is 17.0 Å². The monoisotopic (exact) mass is 347 g/mol. The van der Waals surface area contributed by atoms with E-state index in [1.165, 1.54) is 6.42 Å². The molecule has 0 spiro atoms. The van der Waals surface area contributed by atoms with Crippen LogP contribution in [0.5, 0.6) is 0 Å². The lowest BCUT2D eigenvalue weighted by Crippen LogP contribution is -2.56. The number of nitrogen functional groups attached to an aromatic ring is 1. The van der Waals surface area contributed by atoms with Crippen LogP contribution < -0.4 is 5.73 Å². The van der Waals surface area contributed by atoms with Gasteiger partial charge in [0.2, 0.25) is 5.82 Å². The van der Waals surface area contributed by atoms with Crippen LogP contribution >= 0.6 is 0 Å². The van der Waals surface area contributed by atoms with Crippen molar-refractivity contribution in [3.05, 3.63) is 12.2 Å². The van der Waals surface area contributed by atoms with Gasteiger partial charge < -0.3 is 15.4 Å². The molecule has 6 nitrogen and oxygen atoms in total. The molecule has 6 heteroatoms. The van der Waals surface area contributed by atoms with E-state index >= 15 is 0 Å². The zero-order chi connectivity index (χ0) is 17.9. The number of hydrogen-bond donors (Lipinski definition) is 2. The molecule has 4 fully saturated rings. The van der Waals surface area contributed by atoms with Gasteiger partial charge in [0.1, 0.15) is 11.1 Å². The number of hydrogen-bond acceptors (Lipinski definition) is 5. The maximum atomic E-state index is 11.3. The van der Waals surface area contributed by atoms with Crippen molar-refractivity contribution in [1.29, 1.82) is 0 Å². The van der Waals surface area contributed by atoms with E-state index in [0.29, 0.717) is 23.5 Å². The Labute approximate surface area is 152 Å². The Morgan fingerprint density at radius 1 is 1.19 bits per heavy atom. The SMILES string of the molecule is C#CCn1cnc2c(N)nc(C#CC3(O)C4CC5CC(C4)CC3C5)nc21. The molecule has 2 aromatic heterocycles. The fraction of sp³-hybridized carbons (Fsp3) is 0.550. The Morgan fingerprint density at radius 2 is 1.88 bits per heavy atom. The third-order valence-electron chi connectivity index (χ3n) is 6.51. The van der Waals surface area contributed by atoms with Crippen LogP contribution in [0.2, 0.25) is 0 Å². The third-order valence-corrected chi connectivity index (χ3v) is 6.51. The minimum atomic E-state index is -0.917. The first-order valence-corrected chi connectivity index (χ1v) is 9.24. The third kappa shape index (κ3) is 2.22. The van der Waals surface area contributed by atoms with E-state index in [0.717, 1.165) is 37.5 Å². The average Bonchev–Trinajstić information content (AvgIpc) is 3.01. The lowest BCUT2D eigenvalue weighted by molar-refractivity contribution is -0.136. The fourth-order valence-corrected chi connectivity index (χ4v) is 5.50. The Bertz CT molecular complexity index is 961. The smallest absolute Gasteiger partial charge is 0.209 e. The first-order chi connectivity index (χ1) is 12.6. The maximum Gasteiger partial charge on any atom is 0.209 e. The summed E-state index contributed by atoms with van der Waals surface area (Å²) in [6.07, 6.45) is 12.7. The number of terminal acetylenes is 1. The van der Waals surface area contributed by atoms with E-state index in [1.54, 1.807) is 10.9 Å². The highest BCUT2D eigenvalue weighted by molar-refractivity contribution is 5.82. The summed E-state index contributed by atoms with van der Waals surface area (Å²) in [4.78, 5) is 13.0. The summed E-state index contributed by atoms with van der Waals surface area (Å²) in [7, 11) is 0. The Balaban J connectivity index is 1.52. The molecule has 0 saturated heterocycles. The normalized spacial score (nSPS) is 34.5. The van der Waals surface area contributed by atoms with Crippen molar-refractivity contribution in [2.45, 2.75) is 44.2 Å². The van der Waals surface area contributed by atoms with Gasteiger partial charge in [0.05, 0.1) is 12.9 Å². The van der Waals surface area contributed by atoms with E-state index in [1.807, 2.05) is 0 Å². The summed E-state index contributed by atoms with van der Waals surface area (Å²) < 4.78 is 1.75. The predicted molar refractivity (Wildman–Crippen MR) is 97.4 cm³/mol. The number of imidazole rings is 1. The zero-order valence-corrected chi connectivity index (χ0v) is 14.5. The van der Waals surface area contributed by atoms with Crippen LogP contribution in [0.1, 0.15) is 37.9 Å². The number of aliphatic hydroxyl groups is 1. The number of anilines is 1. The van der Waals surface area contributed by atoms with Gasteiger partial charge in [-0.3, -0.25) is 0 Å². The quantitative estimate of drug-likeness (QED) is 0.765. The van der Waals surface area contributed by atoms with Gasteiger partial charge in [-0.15, -0.1) is 6.42 Å². The van der Waals surface area contributed by atoms with Crippen molar-refractivity contribution in [3.8, 4) is 24.2 Å². The summed E-state index contributed by atoms with van der Waals surface area (Å²) in [5, 5.41) is 11.3. The second-order valence-electron chi connectivity index (χ2n) is 8.06. The molecule has 3 N–H and O–H groups in total. The van der Waals surface area contributed by atoms with Crippen molar-refractivity contribution in [3.63, 3.8) is 0 Å². The molecule has 0 aromatic carbocycles. The van der Waals surface area contributed by atoms with Gasteiger partial charge in [-0.05, 0) is 61.7 Å². The molecule has 26 heavy (non-hydrogen) atoms. The zero-order valence-electron chi connectivity index (χ0n) is 14.5. The average molecular weight is 347 g/mol. The molecule has 4 saturated carbocycles. The first-order valence-electron chi connectivity index (χ1n) is 9.24. The minimum Gasteiger partial charge on any atom is -0.382 e. The van der Waals surface area contributed by atoms with Gasteiger partial charge in [0.25, 0.3) is 0 Å². The van der Waals surface area contributed by atoms with Crippen molar-refractivity contribution < 1.29 is 5.11 Å².